The maximum absolute atomic E-state index is 12.3. The molecule has 0 radical (unpaired) electrons. The number of alkyl carbamates (subject to hydrolysis) is 2. The van der Waals surface area contributed by atoms with E-state index >= 15 is 0 Å². The van der Waals surface area contributed by atoms with Gasteiger partial charge in [-0.1, -0.05) is 102 Å². The van der Waals surface area contributed by atoms with Crippen molar-refractivity contribution in [1.29, 1.82) is 0 Å². The van der Waals surface area contributed by atoms with Crippen molar-refractivity contribution in [3.8, 4) is 0 Å². The molecule has 2 aromatic carbocycles. The number of ether oxygens (including phenoxy) is 6. The molecule has 2 atom stereocenters. The van der Waals surface area contributed by atoms with Crippen LogP contribution in [0.25, 0.3) is 6.08 Å². The first-order valence-electron chi connectivity index (χ1n) is 38.1. The maximum Gasteiger partial charge on any atom is 0.407 e. The first-order chi connectivity index (χ1) is 53.4. The van der Waals surface area contributed by atoms with E-state index in [-0.39, 0.29) is 93.1 Å². The zero-order valence-corrected chi connectivity index (χ0v) is 69.5. The molecule has 2 rings (SSSR count). The Morgan fingerprint density at radius 2 is 0.643 bits per heavy atom. The number of nitrogens with one attached hydrogen (secondary N) is 2. The third-order valence-electron chi connectivity index (χ3n) is 15.5. The smallest absolute Gasteiger partial charge is 0.407 e. The highest BCUT2D eigenvalue weighted by Crippen LogP contribution is 2.18. The summed E-state index contributed by atoms with van der Waals surface area (Å²) in [5, 5.41) is 5.64. The van der Waals surface area contributed by atoms with Gasteiger partial charge in [0.25, 0.3) is 0 Å². The SMILES string of the molecule is CCCN(CCC)CCN(CCN(CC(=O)OCC)CC(=O)OCC)C(CC)C/C=C/c1ccc(CCNC(=O)OC(C)(C)C)cc1.CCCN(CCC)CCN(CCN(CC(=O)OCC)CC(=O)OCC)C(CC)CCCc1ccc(CCNC(=O)OC(C)(C)C)cc1.O=C=O.O=C=O.O=C=O.O=C=O.O=C=O.O=C=O. The molecule has 2 amide bonds. The van der Waals surface area contributed by atoms with Crippen molar-refractivity contribution in [3.05, 3.63) is 76.9 Å². The van der Waals surface area contributed by atoms with Crippen LogP contribution in [0.1, 0.15) is 191 Å². The molecule has 0 spiro atoms. The van der Waals surface area contributed by atoms with Crippen LogP contribution in [-0.4, -0.2) is 270 Å². The molecular weight excluding hydrogens is 1460 g/mol. The molecular formula is C80H130N8O24. The molecule has 0 bridgehead atoms. The van der Waals surface area contributed by atoms with Gasteiger partial charge in [-0.15, -0.1) is 0 Å². The number of esters is 4. The Balaban J connectivity index is -0.000000412. The van der Waals surface area contributed by atoms with E-state index in [1.54, 1.807) is 27.7 Å². The van der Waals surface area contributed by atoms with E-state index in [4.69, 9.17) is 86.0 Å². The summed E-state index contributed by atoms with van der Waals surface area (Å²) >= 11 is 0. The molecule has 0 fully saturated rings. The van der Waals surface area contributed by atoms with Crippen LogP contribution in [-0.2, 0) is 124 Å². The molecule has 2 N–H and O–H groups in total. The lowest BCUT2D eigenvalue weighted by Gasteiger charge is -2.35. The van der Waals surface area contributed by atoms with Crippen molar-refractivity contribution < 1.29 is 115 Å². The molecule has 0 aliphatic heterocycles. The van der Waals surface area contributed by atoms with E-state index in [1.807, 2.05) is 51.3 Å². The van der Waals surface area contributed by atoms with Gasteiger partial charge >= 0.3 is 73.0 Å². The van der Waals surface area contributed by atoms with E-state index < -0.39 is 17.3 Å². The standard InChI is InChI=1S/C37H66N4O6.C37H64N4O6.6CO2/c2*1-9-23-39(24-10-2)25-27-41(28-26-40(29-34(42)45-12-4)30-35(43)46-13-5)33(11-3)16-14-15-31-17-19-32(20-18-31)21-22-38-36(44)47-37(6,7)8;6*2-1-3/h17-20,33H,9-16,21-30H2,1-8H3,(H,38,44);14-15,17-20,33H,9-13,16,21-30H2,1-8H3,(H,38,44);;;;;;/b;15-14+;;;;;;. The average molecular weight is 1590 g/mol. The van der Waals surface area contributed by atoms with Gasteiger partial charge in [-0.3, -0.25) is 38.8 Å². The molecule has 0 saturated heterocycles. The van der Waals surface area contributed by atoms with Crippen molar-refractivity contribution >= 4 is 79.0 Å². The lowest BCUT2D eigenvalue weighted by atomic mass is 10.0. The number of rotatable bonds is 49. The quantitative estimate of drug-likeness (QED) is 0.0468. The van der Waals surface area contributed by atoms with Gasteiger partial charge in [0, 0.05) is 77.5 Å². The average Bonchev–Trinajstić information content (AvgIpc) is 0.895. The summed E-state index contributed by atoms with van der Waals surface area (Å²) < 4.78 is 31.4. The summed E-state index contributed by atoms with van der Waals surface area (Å²) in [6, 6.07) is 17.8. The minimum absolute atomic E-state index is 0.0576. The Kier molecular flexibility index (Phi) is 79.4. The first kappa shape index (κ1) is 114. The van der Waals surface area contributed by atoms with E-state index in [0.29, 0.717) is 64.7 Å². The number of hydrogen-bond acceptors (Lipinski definition) is 30. The minimum atomic E-state index is -0.509. The van der Waals surface area contributed by atoms with Crippen LogP contribution < -0.4 is 10.6 Å². The van der Waals surface area contributed by atoms with E-state index in [9.17, 15) is 28.8 Å². The first-order valence-corrected chi connectivity index (χ1v) is 38.1. The Labute approximate surface area is 663 Å². The molecule has 2 aromatic rings. The van der Waals surface area contributed by atoms with Crippen molar-refractivity contribution in [2.45, 2.75) is 211 Å². The third kappa shape index (κ3) is 73.4. The number of aryl methyl sites for hydroxylation is 1. The summed E-state index contributed by atoms with van der Waals surface area (Å²) in [7, 11) is 0. The van der Waals surface area contributed by atoms with Crippen LogP contribution in [0, 0.1) is 0 Å². The number of nitrogens with zero attached hydrogens (tertiary/aromatic N) is 6. The lowest BCUT2D eigenvalue weighted by Crippen LogP contribution is -2.46. The maximum atomic E-state index is 12.3. The molecule has 0 aliphatic rings. The molecule has 32 heteroatoms. The van der Waals surface area contributed by atoms with Crippen LogP contribution >= 0.6 is 0 Å². The Bertz CT molecular complexity index is 2830. The second kappa shape index (κ2) is 78.3. The normalized spacial score (nSPS) is 10.9. The van der Waals surface area contributed by atoms with Gasteiger partial charge in [0.1, 0.15) is 11.2 Å². The van der Waals surface area contributed by atoms with Gasteiger partial charge in [0.05, 0.1) is 52.6 Å². The van der Waals surface area contributed by atoms with Gasteiger partial charge < -0.3 is 48.9 Å². The molecule has 112 heavy (non-hydrogen) atoms. The van der Waals surface area contributed by atoms with Crippen LogP contribution in [0.4, 0.5) is 9.59 Å². The van der Waals surface area contributed by atoms with Crippen LogP contribution in [0.3, 0.4) is 0 Å². The van der Waals surface area contributed by atoms with Crippen molar-refractivity contribution in [3.63, 3.8) is 0 Å². The van der Waals surface area contributed by atoms with Gasteiger partial charge in [0.2, 0.25) is 0 Å². The summed E-state index contributed by atoms with van der Waals surface area (Å²) in [4.78, 5) is 185. The summed E-state index contributed by atoms with van der Waals surface area (Å²) in [5.41, 5.74) is 3.75. The molecule has 0 aliphatic carbocycles. The van der Waals surface area contributed by atoms with E-state index in [1.165, 1.54) is 11.1 Å². The fourth-order valence-corrected chi connectivity index (χ4v) is 11.0. The molecule has 0 heterocycles. The Hall–Kier alpha value is -9.36. The van der Waals surface area contributed by atoms with Crippen LogP contribution in [0.2, 0.25) is 0 Å². The monoisotopic (exact) mass is 1590 g/mol. The number of amides is 2. The van der Waals surface area contributed by atoms with Crippen molar-refractivity contribution in [2.75, 3.05) is 144 Å². The second-order valence-electron chi connectivity index (χ2n) is 26.5. The van der Waals surface area contributed by atoms with Crippen LogP contribution in [0.5, 0.6) is 0 Å². The largest absolute Gasteiger partial charge is 0.465 e. The minimum Gasteiger partial charge on any atom is -0.465 e. The predicted molar refractivity (Wildman–Crippen MR) is 410 cm³/mol. The van der Waals surface area contributed by atoms with E-state index in [0.717, 1.165) is 154 Å². The van der Waals surface area contributed by atoms with Crippen LogP contribution in [0.15, 0.2) is 54.6 Å². The predicted octanol–water partition coefficient (Wildman–Crippen LogP) is 7.99. The molecule has 2 unspecified atom stereocenters. The fourth-order valence-electron chi connectivity index (χ4n) is 11.0. The molecule has 0 saturated carbocycles. The van der Waals surface area contributed by atoms with Gasteiger partial charge in [-0.25, -0.2) is 9.59 Å². The van der Waals surface area contributed by atoms with Gasteiger partial charge in [-0.05, 0) is 195 Å². The fraction of sp³-hybridized carbons (Fsp3) is 0.675. The summed E-state index contributed by atoms with van der Waals surface area (Å²) in [6.07, 6.45) is 17.1. The molecule has 0 aromatic heterocycles. The number of carbonyl (C=O) groups excluding carboxylic acids is 18. The molecule has 32 nitrogen and oxygen atoms in total. The zero-order valence-electron chi connectivity index (χ0n) is 69.5. The zero-order chi connectivity index (χ0) is 86.4. The summed E-state index contributed by atoms with van der Waals surface area (Å²) in [6.45, 7) is 45.0. The third-order valence-corrected chi connectivity index (χ3v) is 15.5. The Morgan fingerprint density at radius 3 is 0.911 bits per heavy atom. The highest BCUT2D eigenvalue weighted by Gasteiger charge is 2.25. The highest BCUT2D eigenvalue weighted by molar-refractivity contribution is 5.76. The number of hydrogen-bond donors (Lipinski definition) is 2. The number of benzene rings is 2. The lowest BCUT2D eigenvalue weighted by molar-refractivity contribution is -0.193. The van der Waals surface area contributed by atoms with E-state index in [2.05, 4.69) is 132 Å². The van der Waals surface area contributed by atoms with Gasteiger partial charge in [-0.2, -0.15) is 57.5 Å². The Morgan fingerprint density at radius 1 is 0.375 bits per heavy atom. The van der Waals surface area contributed by atoms with Crippen molar-refractivity contribution in [2.24, 2.45) is 0 Å². The number of carbonyl (C=O) groups is 6. The topological polar surface area (TPSA) is 406 Å². The second-order valence-corrected chi connectivity index (χ2v) is 26.5. The highest BCUT2D eigenvalue weighted by atomic mass is 16.6. The van der Waals surface area contributed by atoms with Gasteiger partial charge in [0.15, 0.2) is 0 Å². The van der Waals surface area contributed by atoms with Crippen molar-refractivity contribution in [1.82, 2.24) is 40.0 Å². The molecule has 634 valence electrons. The summed E-state index contributed by atoms with van der Waals surface area (Å²) in [5.74, 6) is -1.31.